The van der Waals surface area contributed by atoms with E-state index in [1.165, 1.54) is 5.06 Å². The zero-order valence-corrected chi connectivity index (χ0v) is 18.4. The van der Waals surface area contributed by atoms with Gasteiger partial charge in [-0.05, 0) is 36.9 Å². The fraction of sp³-hybridized carbons (Fsp3) is 0.227. The molecule has 5 rings (SSSR count). The molecule has 0 aliphatic carbocycles. The number of nitrogens with two attached hydrogens (primary N) is 2. The molecule has 11 heteroatoms. The zero-order valence-electron chi connectivity index (χ0n) is 18.4. The quantitative estimate of drug-likeness (QED) is 0.432. The van der Waals surface area contributed by atoms with Gasteiger partial charge in [0.25, 0.3) is 5.91 Å². The van der Waals surface area contributed by atoms with E-state index in [4.69, 9.17) is 16.3 Å². The summed E-state index contributed by atoms with van der Waals surface area (Å²) < 4.78 is 1.63. The van der Waals surface area contributed by atoms with E-state index in [9.17, 15) is 4.79 Å². The molecule has 0 saturated heterocycles. The highest BCUT2D eigenvalue weighted by Gasteiger charge is 2.25. The van der Waals surface area contributed by atoms with Crippen molar-refractivity contribution in [3.63, 3.8) is 0 Å². The number of hydrogen-bond acceptors (Lipinski definition) is 9. The number of aromatic nitrogens is 5. The van der Waals surface area contributed by atoms with Gasteiger partial charge in [-0.25, -0.2) is 15.0 Å². The summed E-state index contributed by atoms with van der Waals surface area (Å²) in [6.07, 6.45) is 4.68. The van der Waals surface area contributed by atoms with Crippen molar-refractivity contribution in [3.05, 3.63) is 48.0 Å². The number of anilines is 4. The molecule has 0 spiro atoms. The highest BCUT2D eigenvalue weighted by Crippen LogP contribution is 2.31. The lowest BCUT2D eigenvalue weighted by atomic mass is 10.0. The molecular weight excluding hydrogens is 422 g/mol. The topological polar surface area (TPSA) is 150 Å². The van der Waals surface area contributed by atoms with Gasteiger partial charge in [0.05, 0.1) is 23.3 Å². The predicted molar refractivity (Wildman–Crippen MR) is 124 cm³/mol. The van der Waals surface area contributed by atoms with Crippen LogP contribution in [-0.4, -0.2) is 42.8 Å². The average Bonchev–Trinajstić information content (AvgIpc) is 3.13. The number of likely N-dealkylation sites (N-methyl/N-ethyl adjacent to an activating group) is 1. The van der Waals surface area contributed by atoms with Gasteiger partial charge in [0, 0.05) is 36.5 Å². The molecule has 0 radical (unpaired) electrons. The van der Waals surface area contributed by atoms with Crippen molar-refractivity contribution in [2.24, 2.45) is 0 Å². The van der Waals surface area contributed by atoms with Crippen molar-refractivity contribution in [2.75, 3.05) is 23.8 Å². The summed E-state index contributed by atoms with van der Waals surface area (Å²) in [4.78, 5) is 30.9. The molecule has 168 valence electrons. The van der Waals surface area contributed by atoms with Crippen LogP contribution in [0.1, 0.15) is 24.3 Å². The Morgan fingerprint density at radius 1 is 1.15 bits per heavy atom. The minimum absolute atomic E-state index is 0.0994. The molecule has 1 amide bonds. The van der Waals surface area contributed by atoms with E-state index in [0.29, 0.717) is 28.8 Å². The molecule has 1 aliphatic heterocycles. The summed E-state index contributed by atoms with van der Waals surface area (Å²) in [7, 11) is 1.60. The number of hydrogen-bond donors (Lipinski definition) is 3. The second-order valence-corrected chi connectivity index (χ2v) is 7.96. The molecule has 0 saturated carbocycles. The van der Waals surface area contributed by atoms with Gasteiger partial charge in [0.1, 0.15) is 24.3 Å². The molecule has 5 heterocycles. The maximum absolute atomic E-state index is 12.1. The smallest absolute Gasteiger partial charge is 0.267 e. The van der Waals surface area contributed by atoms with Crippen LogP contribution < -0.4 is 16.8 Å². The third-order valence-electron chi connectivity index (χ3n) is 5.71. The number of nitrogen functional groups attached to an aromatic ring is 2. The molecule has 1 unspecified atom stereocenters. The second-order valence-electron chi connectivity index (χ2n) is 7.96. The maximum atomic E-state index is 12.1. The first kappa shape index (κ1) is 20.6. The third kappa shape index (κ3) is 3.68. The first-order chi connectivity index (χ1) is 15.8. The molecule has 0 aromatic carbocycles. The normalized spacial score (nSPS) is 16.0. The van der Waals surface area contributed by atoms with Crippen LogP contribution in [0.25, 0.3) is 22.0 Å². The van der Waals surface area contributed by atoms with Crippen LogP contribution in [0.2, 0.25) is 0 Å². The number of amides is 1. The van der Waals surface area contributed by atoms with E-state index in [2.05, 4.69) is 25.4 Å². The van der Waals surface area contributed by atoms with E-state index in [-0.39, 0.29) is 18.6 Å². The number of fused-ring (bicyclic) bond motifs is 2. The third-order valence-corrected chi connectivity index (χ3v) is 5.71. The van der Waals surface area contributed by atoms with Gasteiger partial charge in [-0.15, -0.1) is 0 Å². The summed E-state index contributed by atoms with van der Waals surface area (Å²) >= 11 is 0. The molecular formula is C22H23N9O2. The minimum atomic E-state index is -0.322. The predicted octanol–water partition coefficient (Wildman–Crippen LogP) is 2.57. The van der Waals surface area contributed by atoms with Crippen molar-refractivity contribution in [1.82, 2.24) is 29.8 Å². The molecule has 33 heavy (non-hydrogen) atoms. The Bertz CT molecular complexity index is 1400. The van der Waals surface area contributed by atoms with E-state index in [1.54, 1.807) is 30.3 Å². The first-order valence-corrected chi connectivity index (χ1v) is 10.3. The number of rotatable bonds is 3. The van der Waals surface area contributed by atoms with Crippen molar-refractivity contribution < 1.29 is 9.63 Å². The molecule has 1 aliphatic rings. The van der Waals surface area contributed by atoms with Crippen LogP contribution in [0.5, 0.6) is 0 Å². The molecule has 5 N–H and O–H groups in total. The summed E-state index contributed by atoms with van der Waals surface area (Å²) in [6, 6.07) is 5.64. The van der Waals surface area contributed by atoms with Crippen molar-refractivity contribution in [2.45, 2.75) is 26.5 Å². The van der Waals surface area contributed by atoms with Crippen molar-refractivity contribution >= 4 is 39.8 Å². The van der Waals surface area contributed by atoms with Gasteiger partial charge in [0.15, 0.2) is 5.82 Å². The van der Waals surface area contributed by atoms with Gasteiger partial charge < -0.3 is 16.8 Å². The minimum Gasteiger partial charge on any atom is -0.397 e. The van der Waals surface area contributed by atoms with E-state index in [1.807, 2.05) is 32.0 Å². The maximum Gasteiger partial charge on any atom is 0.267 e. The monoisotopic (exact) mass is 445 g/mol. The average molecular weight is 445 g/mol. The number of pyridine rings is 3. The Balaban J connectivity index is 1.50. The second kappa shape index (κ2) is 7.71. The lowest BCUT2D eigenvalue weighted by molar-refractivity contribution is -0.192. The van der Waals surface area contributed by atoms with Crippen LogP contribution in [-0.2, 0) is 16.2 Å². The first-order valence-electron chi connectivity index (χ1n) is 10.3. The molecule has 1 atom stereocenters. The van der Waals surface area contributed by atoms with Crippen LogP contribution in [0.4, 0.5) is 23.1 Å². The Morgan fingerprint density at radius 2 is 1.97 bits per heavy atom. The molecule has 0 bridgehead atoms. The van der Waals surface area contributed by atoms with Crippen LogP contribution in [0, 0.1) is 6.92 Å². The van der Waals surface area contributed by atoms with E-state index >= 15 is 0 Å². The molecule has 4 aromatic rings. The Morgan fingerprint density at radius 3 is 2.79 bits per heavy atom. The van der Waals surface area contributed by atoms with Gasteiger partial charge in [-0.2, -0.15) is 5.10 Å². The van der Waals surface area contributed by atoms with Crippen molar-refractivity contribution in [3.8, 4) is 11.3 Å². The number of nitrogens with zero attached hydrogens (tertiary/aromatic N) is 6. The number of nitrogens with one attached hydrogen (secondary N) is 1. The highest BCUT2D eigenvalue weighted by atomic mass is 16.7. The number of carbonyl (C=O) groups excluding carboxylic acids is 1. The highest BCUT2D eigenvalue weighted by molar-refractivity contribution is 5.95. The van der Waals surface area contributed by atoms with Crippen LogP contribution >= 0.6 is 0 Å². The zero-order chi connectivity index (χ0) is 23.3. The summed E-state index contributed by atoms with van der Waals surface area (Å²) in [6.45, 7) is 3.89. The number of carbonyl (C=O) groups is 1. The summed E-state index contributed by atoms with van der Waals surface area (Å²) in [5, 5.41) is 10.5. The fourth-order valence-corrected chi connectivity index (χ4v) is 3.83. The Hall–Kier alpha value is -4.25. The van der Waals surface area contributed by atoms with Crippen LogP contribution in [0.15, 0.2) is 36.8 Å². The summed E-state index contributed by atoms with van der Waals surface area (Å²) in [5.74, 6) is 1.32. The largest absolute Gasteiger partial charge is 0.397 e. The SMILES string of the molecule is Cc1c(N)cncc1-c1cc2cc(Nc3cc4n(n3)CC(=O)N(C)OC4C)ncc2c(N)n1. The van der Waals surface area contributed by atoms with Crippen molar-refractivity contribution in [1.29, 1.82) is 0 Å². The molecule has 4 aromatic heterocycles. The standard InChI is InChI=1S/C22H23N9O2/c1-11-14(7-25-9-16(11)23)17-4-13-5-19(26-8-15(13)22(24)27-17)28-20-6-18-12(2)33-30(3)21(32)10-31(18)29-20/h4-9,12H,10,23H2,1-3H3,(H2,24,27)(H,26,28,29). The fourth-order valence-electron chi connectivity index (χ4n) is 3.83. The van der Waals surface area contributed by atoms with Gasteiger partial charge in [-0.1, -0.05) is 0 Å². The Labute approximate surface area is 189 Å². The van der Waals surface area contributed by atoms with Gasteiger partial charge in [0.2, 0.25) is 0 Å². The number of hydroxylamine groups is 2. The van der Waals surface area contributed by atoms with E-state index in [0.717, 1.165) is 27.6 Å². The van der Waals surface area contributed by atoms with E-state index < -0.39 is 0 Å². The van der Waals surface area contributed by atoms with Gasteiger partial charge >= 0.3 is 0 Å². The van der Waals surface area contributed by atoms with Gasteiger partial charge in [-0.3, -0.25) is 19.3 Å². The lowest BCUT2D eigenvalue weighted by Gasteiger charge is -2.16. The summed E-state index contributed by atoms with van der Waals surface area (Å²) in [5.41, 5.74) is 16.0. The molecule has 11 nitrogen and oxygen atoms in total. The van der Waals surface area contributed by atoms with Crippen LogP contribution in [0.3, 0.4) is 0 Å². The molecule has 0 fully saturated rings. The Kier molecular flexibility index (Phi) is 4.82. The lowest BCUT2D eigenvalue weighted by Crippen LogP contribution is -2.28.